The number of nitrogens with zero attached hydrogens (tertiary/aromatic N) is 1. The number of ether oxygens (including phenoxy) is 1. The highest BCUT2D eigenvalue weighted by atomic mass is 35.5. The predicted molar refractivity (Wildman–Crippen MR) is 85.2 cm³/mol. The molecule has 5 nitrogen and oxygen atoms in total. The van der Waals surface area contributed by atoms with Gasteiger partial charge in [0.15, 0.2) is 0 Å². The highest BCUT2D eigenvalue weighted by Crippen LogP contribution is 2.39. The highest BCUT2D eigenvalue weighted by molar-refractivity contribution is 6.33. The van der Waals surface area contributed by atoms with Crippen LogP contribution >= 0.6 is 11.6 Å². The van der Waals surface area contributed by atoms with Crippen LogP contribution in [0, 0.1) is 5.92 Å². The SMILES string of the molecule is Nc1c(Cl)cc(C(=O)NC2CC3CCN2CC3)c2c1CCO2. The maximum atomic E-state index is 12.7. The summed E-state index contributed by atoms with van der Waals surface area (Å²) in [5.41, 5.74) is 7.89. The van der Waals surface area contributed by atoms with Crippen molar-refractivity contribution in [2.75, 3.05) is 25.4 Å². The van der Waals surface area contributed by atoms with Crippen LogP contribution in [0.1, 0.15) is 35.2 Å². The number of nitrogens with two attached hydrogens (primary N) is 1. The molecule has 0 spiro atoms. The minimum Gasteiger partial charge on any atom is -0.492 e. The Morgan fingerprint density at radius 3 is 2.86 bits per heavy atom. The molecule has 118 valence electrons. The average molecular weight is 322 g/mol. The molecule has 4 aliphatic heterocycles. The molecule has 4 heterocycles. The number of piperidine rings is 3. The molecule has 5 rings (SSSR count). The number of rotatable bonds is 2. The molecule has 22 heavy (non-hydrogen) atoms. The number of benzene rings is 1. The summed E-state index contributed by atoms with van der Waals surface area (Å²) < 4.78 is 5.62. The molecule has 1 aromatic rings. The van der Waals surface area contributed by atoms with Gasteiger partial charge in [-0.05, 0) is 31.2 Å². The Morgan fingerprint density at radius 2 is 2.18 bits per heavy atom. The van der Waals surface area contributed by atoms with Crippen LogP contribution in [-0.2, 0) is 6.42 Å². The quantitative estimate of drug-likeness (QED) is 0.818. The molecule has 3 saturated heterocycles. The summed E-state index contributed by atoms with van der Waals surface area (Å²) in [7, 11) is 0. The number of fused-ring (bicyclic) bond motifs is 4. The minimum atomic E-state index is -0.113. The van der Waals surface area contributed by atoms with Crippen LogP contribution in [0.5, 0.6) is 5.75 Å². The summed E-state index contributed by atoms with van der Waals surface area (Å²) in [6, 6.07) is 1.63. The average Bonchev–Trinajstić information content (AvgIpc) is 3.02. The summed E-state index contributed by atoms with van der Waals surface area (Å²) >= 11 is 6.18. The van der Waals surface area contributed by atoms with Crippen molar-refractivity contribution in [3.8, 4) is 5.75 Å². The van der Waals surface area contributed by atoms with Crippen molar-refractivity contribution in [3.05, 3.63) is 22.2 Å². The molecule has 0 aliphatic carbocycles. The number of hydrogen-bond donors (Lipinski definition) is 2. The van der Waals surface area contributed by atoms with Gasteiger partial charge in [-0.1, -0.05) is 11.6 Å². The summed E-state index contributed by atoms with van der Waals surface area (Å²) in [6.07, 6.45) is 4.38. The maximum Gasteiger partial charge on any atom is 0.256 e. The second kappa shape index (κ2) is 5.32. The van der Waals surface area contributed by atoms with Crippen molar-refractivity contribution in [2.45, 2.75) is 31.8 Å². The summed E-state index contributed by atoms with van der Waals surface area (Å²) in [6.45, 7) is 2.71. The van der Waals surface area contributed by atoms with E-state index in [4.69, 9.17) is 22.1 Å². The predicted octanol–water partition coefficient (Wildman–Crippen LogP) is 2.03. The first-order valence-electron chi connectivity index (χ1n) is 7.92. The first-order chi connectivity index (χ1) is 10.6. The normalized spacial score (nSPS) is 29.0. The second-order valence-corrected chi connectivity index (χ2v) is 6.84. The molecule has 1 aromatic carbocycles. The topological polar surface area (TPSA) is 67.6 Å². The third-order valence-corrected chi connectivity index (χ3v) is 5.47. The van der Waals surface area contributed by atoms with Crippen LogP contribution < -0.4 is 15.8 Å². The number of carbonyl (C=O) groups is 1. The van der Waals surface area contributed by atoms with Crippen molar-refractivity contribution in [2.24, 2.45) is 5.92 Å². The number of nitrogen functional groups attached to an aromatic ring is 1. The summed E-state index contributed by atoms with van der Waals surface area (Å²) in [4.78, 5) is 15.1. The van der Waals surface area contributed by atoms with Gasteiger partial charge in [-0.15, -0.1) is 0 Å². The van der Waals surface area contributed by atoms with E-state index in [1.165, 1.54) is 12.8 Å². The van der Waals surface area contributed by atoms with Crippen LogP contribution in [0.2, 0.25) is 5.02 Å². The molecule has 0 aromatic heterocycles. The molecular weight excluding hydrogens is 302 g/mol. The van der Waals surface area contributed by atoms with Gasteiger partial charge in [-0.25, -0.2) is 0 Å². The maximum absolute atomic E-state index is 12.7. The molecule has 0 saturated carbocycles. The number of halogens is 1. The van der Waals surface area contributed by atoms with E-state index < -0.39 is 0 Å². The van der Waals surface area contributed by atoms with Crippen molar-refractivity contribution in [1.29, 1.82) is 0 Å². The fourth-order valence-electron chi connectivity index (χ4n) is 3.88. The molecule has 1 atom stereocenters. The van der Waals surface area contributed by atoms with Crippen molar-refractivity contribution >= 4 is 23.2 Å². The van der Waals surface area contributed by atoms with Crippen LogP contribution in [0.25, 0.3) is 0 Å². The van der Waals surface area contributed by atoms with Crippen molar-refractivity contribution in [3.63, 3.8) is 0 Å². The lowest BCUT2D eigenvalue weighted by Gasteiger charge is -2.45. The molecule has 3 fully saturated rings. The van der Waals surface area contributed by atoms with Crippen LogP contribution in [-0.4, -0.2) is 36.7 Å². The number of nitrogens with one attached hydrogen (secondary N) is 1. The van der Waals surface area contributed by atoms with Gasteiger partial charge in [0.05, 0.1) is 29.0 Å². The number of hydrogen-bond acceptors (Lipinski definition) is 4. The molecule has 6 heteroatoms. The lowest BCUT2D eigenvalue weighted by Crippen LogP contribution is -2.56. The molecule has 4 aliphatic rings. The Morgan fingerprint density at radius 1 is 1.41 bits per heavy atom. The van der Waals surface area contributed by atoms with E-state index in [9.17, 15) is 4.79 Å². The van der Waals surface area contributed by atoms with E-state index in [0.717, 1.165) is 31.0 Å². The van der Waals surface area contributed by atoms with Gasteiger partial charge in [-0.2, -0.15) is 0 Å². The lowest BCUT2D eigenvalue weighted by molar-refractivity contribution is 0.0294. The van der Waals surface area contributed by atoms with Gasteiger partial charge in [0.25, 0.3) is 5.91 Å². The van der Waals surface area contributed by atoms with E-state index in [-0.39, 0.29) is 12.1 Å². The third-order valence-electron chi connectivity index (χ3n) is 5.16. The molecule has 3 N–H and O–H groups in total. The Balaban J connectivity index is 1.59. The standard InChI is InChI=1S/C16H20ClN3O2/c17-12-8-11(15-10(14(12)18)3-6-22-15)16(21)19-13-7-9-1-4-20(13)5-2-9/h8-9,13H,1-7,18H2,(H,19,21). The molecule has 2 bridgehead atoms. The smallest absolute Gasteiger partial charge is 0.256 e. The lowest BCUT2D eigenvalue weighted by atomic mass is 9.86. The zero-order chi connectivity index (χ0) is 15.3. The largest absolute Gasteiger partial charge is 0.492 e. The first kappa shape index (κ1) is 14.2. The van der Waals surface area contributed by atoms with Gasteiger partial charge in [0, 0.05) is 25.1 Å². The molecule has 1 amide bonds. The first-order valence-corrected chi connectivity index (χ1v) is 8.30. The zero-order valence-corrected chi connectivity index (χ0v) is 13.2. The van der Waals surface area contributed by atoms with E-state index in [1.807, 2.05) is 0 Å². The van der Waals surface area contributed by atoms with Gasteiger partial charge >= 0.3 is 0 Å². The fraction of sp³-hybridized carbons (Fsp3) is 0.562. The van der Waals surface area contributed by atoms with Gasteiger partial charge in [0.2, 0.25) is 0 Å². The second-order valence-electron chi connectivity index (χ2n) is 6.43. The van der Waals surface area contributed by atoms with Crippen molar-refractivity contribution in [1.82, 2.24) is 10.2 Å². The van der Waals surface area contributed by atoms with Gasteiger partial charge in [-0.3, -0.25) is 9.69 Å². The Labute approximate surface area is 134 Å². The van der Waals surface area contributed by atoms with E-state index in [1.54, 1.807) is 6.07 Å². The molecular formula is C16H20ClN3O2. The van der Waals surface area contributed by atoms with Gasteiger partial charge < -0.3 is 15.8 Å². The van der Waals surface area contributed by atoms with Crippen molar-refractivity contribution < 1.29 is 9.53 Å². The zero-order valence-electron chi connectivity index (χ0n) is 12.4. The van der Waals surface area contributed by atoms with Gasteiger partial charge in [0.1, 0.15) is 5.75 Å². The minimum absolute atomic E-state index is 0.113. The number of amides is 1. The highest BCUT2D eigenvalue weighted by Gasteiger charge is 2.35. The van der Waals surface area contributed by atoms with E-state index >= 15 is 0 Å². The molecule has 1 unspecified atom stereocenters. The van der Waals surface area contributed by atoms with Crippen LogP contribution in [0.3, 0.4) is 0 Å². The molecule has 0 radical (unpaired) electrons. The van der Waals surface area contributed by atoms with E-state index in [2.05, 4.69) is 10.2 Å². The fourth-order valence-corrected chi connectivity index (χ4v) is 4.10. The Hall–Kier alpha value is -1.46. The summed E-state index contributed by atoms with van der Waals surface area (Å²) in [5, 5.41) is 3.58. The van der Waals surface area contributed by atoms with Crippen LogP contribution in [0.15, 0.2) is 6.07 Å². The monoisotopic (exact) mass is 321 g/mol. The van der Waals surface area contributed by atoms with Crippen LogP contribution in [0.4, 0.5) is 5.69 Å². The Kier molecular flexibility index (Phi) is 3.42. The number of carbonyl (C=O) groups excluding carboxylic acids is 1. The number of anilines is 1. The summed E-state index contributed by atoms with van der Waals surface area (Å²) in [5.74, 6) is 1.24. The van der Waals surface area contributed by atoms with E-state index in [0.29, 0.717) is 35.1 Å². The Bertz CT molecular complexity index is 626. The third kappa shape index (κ3) is 2.23.